The summed E-state index contributed by atoms with van der Waals surface area (Å²) < 4.78 is 9.34. The molecule has 4 aromatic rings. The van der Waals surface area contributed by atoms with Crippen molar-refractivity contribution in [3.8, 4) is 5.75 Å². The Hall–Kier alpha value is -4.01. The van der Waals surface area contributed by atoms with Crippen molar-refractivity contribution >= 4 is 11.6 Å². The van der Waals surface area contributed by atoms with Crippen molar-refractivity contribution in [2.45, 2.75) is 33.0 Å². The fourth-order valence-corrected chi connectivity index (χ4v) is 3.12. The van der Waals surface area contributed by atoms with Crippen LogP contribution in [-0.4, -0.2) is 35.9 Å². The molecule has 2 heterocycles. The van der Waals surface area contributed by atoms with Crippen LogP contribution in [0.25, 0.3) is 0 Å². The van der Waals surface area contributed by atoms with E-state index in [1.54, 1.807) is 35.1 Å². The molecule has 9 nitrogen and oxygen atoms in total. The van der Waals surface area contributed by atoms with Crippen LogP contribution in [0.4, 0.5) is 5.69 Å². The van der Waals surface area contributed by atoms with Crippen LogP contribution in [-0.2, 0) is 13.2 Å². The lowest BCUT2D eigenvalue weighted by atomic mass is 10.1. The van der Waals surface area contributed by atoms with E-state index in [1.165, 1.54) is 0 Å². The van der Waals surface area contributed by atoms with Gasteiger partial charge in [0.1, 0.15) is 12.4 Å². The van der Waals surface area contributed by atoms with Gasteiger partial charge in [0, 0.05) is 23.6 Å². The number of aromatic nitrogens is 6. The number of nitrogens with zero attached hydrogens (tertiary/aromatic N) is 6. The van der Waals surface area contributed by atoms with E-state index >= 15 is 0 Å². The number of hydrogen-bond donors (Lipinski definition) is 1. The number of carbonyl (C=O) groups excluding carboxylic acids is 1. The monoisotopic (exact) mass is 417 g/mol. The summed E-state index contributed by atoms with van der Waals surface area (Å²) in [6, 6.07) is 16.7. The van der Waals surface area contributed by atoms with Gasteiger partial charge < -0.3 is 10.1 Å². The summed E-state index contributed by atoms with van der Waals surface area (Å²) in [4.78, 5) is 12.8. The van der Waals surface area contributed by atoms with E-state index in [-0.39, 0.29) is 18.6 Å². The predicted molar refractivity (Wildman–Crippen MR) is 115 cm³/mol. The lowest BCUT2D eigenvalue weighted by Crippen LogP contribution is -2.13. The van der Waals surface area contributed by atoms with Gasteiger partial charge in [-0.2, -0.15) is 5.10 Å². The van der Waals surface area contributed by atoms with Crippen LogP contribution >= 0.6 is 0 Å². The highest BCUT2D eigenvalue weighted by molar-refractivity contribution is 6.04. The maximum Gasteiger partial charge on any atom is 0.255 e. The quantitative estimate of drug-likeness (QED) is 0.472. The van der Waals surface area contributed by atoms with Crippen molar-refractivity contribution in [1.82, 2.24) is 30.0 Å². The summed E-state index contributed by atoms with van der Waals surface area (Å²) >= 11 is 0. The molecule has 1 N–H and O–H groups in total. The fourth-order valence-electron chi connectivity index (χ4n) is 3.12. The zero-order valence-corrected chi connectivity index (χ0v) is 17.3. The van der Waals surface area contributed by atoms with Crippen LogP contribution in [0.15, 0.2) is 67.0 Å². The van der Waals surface area contributed by atoms with Crippen molar-refractivity contribution in [3.05, 3.63) is 83.9 Å². The molecular formula is C22H23N7O2. The van der Waals surface area contributed by atoms with Crippen molar-refractivity contribution in [2.24, 2.45) is 0 Å². The molecule has 0 unspecified atom stereocenters. The standard InChI is InChI=1S/C22H23N7O2/c1-16(2)29-21(25-26-27-29)15-31-20-9-4-7-18(13-20)22(30)24-19-8-3-6-17(12-19)14-28-11-5-10-23-28/h3-13,16H,14-15H2,1-2H3,(H,24,30). The Kier molecular flexibility index (Phi) is 6.02. The molecule has 0 radical (unpaired) electrons. The molecule has 1 amide bonds. The molecule has 0 aliphatic rings. The average molecular weight is 417 g/mol. The summed E-state index contributed by atoms with van der Waals surface area (Å²) in [7, 11) is 0. The number of carbonyl (C=O) groups is 1. The maximum atomic E-state index is 12.8. The second kappa shape index (κ2) is 9.21. The molecule has 0 bridgehead atoms. The predicted octanol–water partition coefficient (Wildman–Crippen LogP) is 3.33. The molecule has 0 aliphatic carbocycles. The molecule has 0 saturated carbocycles. The molecule has 4 rings (SSSR count). The summed E-state index contributed by atoms with van der Waals surface area (Å²) in [5.41, 5.74) is 2.26. The van der Waals surface area contributed by atoms with Gasteiger partial charge in [-0.25, -0.2) is 4.68 Å². The van der Waals surface area contributed by atoms with Crippen LogP contribution in [0.2, 0.25) is 0 Å². The van der Waals surface area contributed by atoms with Crippen LogP contribution in [0.1, 0.15) is 41.6 Å². The summed E-state index contributed by atoms with van der Waals surface area (Å²) in [5, 5.41) is 18.8. The molecule has 9 heteroatoms. The minimum Gasteiger partial charge on any atom is -0.486 e. The summed E-state index contributed by atoms with van der Waals surface area (Å²) in [6.45, 7) is 4.84. The van der Waals surface area contributed by atoms with Gasteiger partial charge in [0.15, 0.2) is 5.82 Å². The molecule has 0 aliphatic heterocycles. The van der Waals surface area contributed by atoms with Crippen molar-refractivity contribution < 1.29 is 9.53 Å². The zero-order valence-electron chi connectivity index (χ0n) is 17.3. The smallest absolute Gasteiger partial charge is 0.255 e. The van der Waals surface area contributed by atoms with Crippen LogP contribution < -0.4 is 10.1 Å². The summed E-state index contributed by atoms with van der Waals surface area (Å²) in [6.07, 6.45) is 3.64. The first-order valence-electron chi connectivity index (χ1n) is 9.96. The first-order chi connectivity index (χ1) is 15.1. The highest BCUT2D eigenvalue weighted by atomic mass is 16.5. The normalized spacial score (nSPS) is 10.9. The Bertz CT molecular complexity index is 1150. The second-order valence-corrected chi connectivity index (χ2v) is 7.31. The van der Waals surface area contributed by atoms with E-state index in [0.717, 1.165) is 11.3 Å². The molecule has 0 saturated heterocycles. The lowest BCUT2D eigenvalue weighted by molar-refractivity contribution is 0.102. The maximum absolute atomic E-state index is 12.8. The van der Waals surface area contributed by atoms with Crippen molar-refractivity contribution in [3.63, 3.8) is 0 Å². The Labute approximate surface area is 179 Å². The number of hydrogen-bond acceptors (Lipinski definition) is 6. The minimum absolute atomic E-state index is 0.134. The number of benzene rings is 2. The van der Waals surface area contributed by atoms with E-state index in [4.69, 9.17) is 4.74 Å². The average Bonchev–Trinajstić information content (AvgIpc) is 3.45. The first-order valence-corrected chi connectivity index (χ1v) is 9.96. The SMILES string of the molecule is CC(C)n1nnnc1COc1cccc(C(=O)Nc2cccc(Cn3cccn3)c2)c1. The van der Waals surface area contributed by atoms with E-state index in [0.29, 0.717) is 23.7 Å². The van der Waals surface area contributed by atoms with Gasteiger partial charge in [-0.1, -0.05) is 18.2 Å². The summed E-state index contributed by atoms with van der Waals surface area (Å²) in [5.74, 6) is 0.978. The largest absolute Gasteiger partial charge is 0.486 e. The highest BCUT2D eigenvalue weighted by Crippen LogP contribution is 2.18. The molecule has 2 aromatic carbocycles. The van der Waals surface area contributed by atoms with Gasteiger partial charge in [-0.05, 0) is 66.2 Å². The lowest BCUT2D eigenvalue weighted by Gasteiger charge is -2.11. The van der Waals surface area contributed by atoms with E-state index in [2.05, 4.69) is 25.9 Å². The number of rotatable bonds is 8. The van der Waals surface area contributed by atoms with E-state index < -0.39 is 0 Å². The Morgan fingerprint density at radius 1 is 1.13 bits per heavy atom. The van der Waals surface area contributed by atoms with Gasteiger partial charge in [0.2, 0.25) is 0 Å². The third-order valence-corrected chi connectivity index (χ3v) is 4.60. The molecule has 0 atom stereocenters. The van der Waals surface area contributed by atoms with Gasteiger partial charge in [0.25, 0.3) is 5.91 Å². The highest BCUT2D eigenvalue weighted by Gasteiger charge is 2.11. The fraction of sp³-hybridized carbons (Fsp3) is 0.227. The number of nitrogens with one attached hydrogen (secondary N) is 1. The second-order valence-electron chi connectivity index (χ2n) is 7.31. The molecule has 2 aromatic heterocycles. The third-order valence-electron chi connectivity index (χ3n) is 4.60. The minimum atomic E-state index is -0.214. The number of amides is 1. The Balaban J connectivity index is 1.40. The first kappa shape index (κ1) is 20.3. The van der Waals surface area contributed by atoms with Gasteiger partial charge in [0.05, 0.1) is 12.6 Å². The number of ether oxygens (including phenoxy) is 1. The molecule has 0 spiro atoms. The van der Waals surface area contributed by atoms with Crippen molar-refractivity contribution in [1.29, 1.82) is 0 Å². The number of tetrazole rings is 1. The van der Waals surface area contributed by atoms with E-state index in [1.807, 2.05) is 55.1 Å². The molecule has 158 valence electrons. The molecule has 31 heavy (non-hydrogen) atoms. The van der Waals surface area contributed by atoms with Crippen LogP contribution in [0, 0.1) is 0 Å². The number of anilines is 1. The van der Waals surface area contributed by atoms with Gasteiger partial charge in [-0.3, -0.25) is 9.48 Å². The van der Waals surface area contributed by atoms with Crippen LogP contribution in [0.3, 0.4) is 0 Å². The van der Waals surface area contributed by atoms with Gasteiger partial charge >= 0.3 is 0 Å². The van der Waals surface area contributed by atoms with E-state index in [9.17, 15) is 4.79 Å². The van der Waals surface area contributed by atoms with Crippen molar-refractivity contribution in [2.75, 3.05) is 5.32 Å². The third kappa shape index (κ3) is 5.13. The Morgan fingerprint density at radius 3 is 2.81 bits per heavy atom. The zero-order chi connectivity index (χ0) is 21.6. The van der Waals surface area contributed by atoms with Gasteiger partial charge in [-0.15, -0.1) is 5.10 Å². The molecular weight excluding hydrogens is 394 g/mol. The van der Waals surface area contributed by atoms with Crippen LogP contribution in [0.5, 0.6) is 5.75 Å². The molecule has 0 fully saturated rings. The topological polar surface area (TPSA) is 99.8 Å². The Morgan fingerprint density at radius 2 is 2.00 bits per heavy atom.